The van der Waals surface area contributed by atoms with E-state index >= 15 is 0 Å². The number of benzene rings is 1. The number of para-hydroxylation sites is 2. The summed E-state index contributed by atoms with van der Waals surface area (Å²) in [6.07, 6.45) is 9.19. The zero-order chi connectivity index (χ0) is 20.9. The molecule has 1 saturated carbocycles. The van der Waals surface area contributed by atoms with E-state index in [0.29, 0.717) is 24.6 Å². The van der Waals surface area contributed by atoms with Crippen molar-refractivity contribution in [3.63, 3.8) is 0 Å². The Morgan fingerprint density at radius 2 is 1.73 bits per heavy atom. The summed E-state index contributed by atoms with van der Waals surface area (Å²) in [6.45, 7) is 0.308. The van der Waals surface area contributed by atoms with Crippen molar-refractivity contribution in [3.8, 4) is 0 Å². The summed E-state index contributed by atoms with van der Waals surface area (Å²) in [5, 5.41) is 8.78. The second-order valence-corrected chi connectivity index (χ2v) is 8.14. The van der Waals surface area contributed by atoms with Crippen molar-refractivity contribution in [2.24, 2.45) is 0 Å². The topological polar surface area (TPSA) is 73.7 Å². The van der Waals surface area contributed by atoms with E-state index in [-0.39, 0.29) is 18.3 Å². The monoisotopic (exact) mass is 407 g/mol. The van der Waals surface area contributed by atoms with Gasteiger partial charge in [-0.1, -0.05) is 31.4 Å². The third-order valence-electron chi connectivity index (χ3n) is 5.85. The summed E-state index contributed by atoms with van der Waals surface area (Å²) in [7, 11) is 0. The quantitative estimate of drug-likeness (QED) is 0.596. The van der Waals surface area contributed by atoms with Crippen LogP contribution >= 0.6 is 0 Å². The lowest BCUT2D eigenvalue weighted by Crippen LogP contribution is -2.31. The molecule has 2 aliphatic rings. The molecule has 6 heteroatoms. The zero-order valence-electron chi connectivity index (χ0n) is 17.3. The van der Waals surface area contributed by atoms with Crippen LogP contribution in [0.2, 0.25) is 0 Å². The standard InChI is InChI=1S/C24H29N3O3/c28-17-19(29)9-4-2-1-3-7-16-26-21-11-5-6-12-22(21)27(18-13-14-18)23-20(24(26)30)10-8-15-25-23/h5-6,8,10-12,15,18,28H,1-4,7,9,13-14,16-17H2. The Labute approximate surface area is 177 Å². The maximum atomic E-state index is 13.5. The fourth-order valence-electron chi connectivity index (χ4n) is 4.15. The predicted molar refractivity (Wildman–Crippen MR) is 117 cm³/mol. The maximum absolute atomic E-state index is 13.5. The number of ketones is 1. The lowest BCUT2D eigenvalue weighted by molar-refractivity contribution is -0.121. The van der Waals surface area contributed by atoms with Gasteiger partial charge in [0.25, 0.3) is 5.91 Å². The third-order valence-corrected chi connectivity index (χ3v) is 5.85. The molecule has 0 saturated heterocycles. The summed E-state index contributed by atoms with van der Waals surface area (Å²) < 4.78 is 0. The molecule has 2 heterocycles. The number of Topliss-reactive ketones (excluding diaryl/α,β-unsaturated/α-hetero) is 1. The van der Waals surface area contributed by atoms with Crippen LogP contribution in [0.25, 0.3) is 0 Å². The first-order chi connectivity index (χ1) is 14.7. The lowest BCUT2D eigenvalue weighted by atomic mass is 10.1. The van der Waals surface area contributed by atoms with Gasteiger partial charge in [0.15, 0.2) is 5.78 Å². The average Bonchev–Trinajstić information content (AvgIpc) is 3.61. The molecule has 1 N–H and O–H groups in total. The van der Waals surface area contributed by atoms with Crippen molar-refractivity contribution >= 4 is 28.9 Å². The summed E-state index contributed by atoms with van der Waals surface area (Å²) in [5.74, 6) is 0.699. The van der Waals surface area contributed by atoms with Gasteiger partial charge in [0.1, 0.15) is 12.4 Å². The molecule has 158 valence electrons. The molecule has 1 aliphatic carbocycles. The number of unbranched alkanes of at least 4 members (excludes halogenated alkanes) is 4. The largest absolute Gasteiger partial charge is 0.389 e. The molecule has 4 rings (SSSR count). The van der Waals surface area contributed by atoms with Crippen molar-refractivity contribution in [1.29, 1.82) is 0 Å². The molecule has 0 unspecified atom stereocenters. The molecule has 1 aromatic carbocycles. The summed E-state index contributed by atoms with van der Waals surface area (Å²) in [5.41, 5.74) is 2.69. The van der Waals surface area contributed by atoms with E-state index < -0.39 is 0 Å². The molecule has 1 fully saturated rings. The third kappa shape index (κ3) is 4.38. The number of rotatable bonds is 10. The minimum Gasteiger partial charge on any atom is -0.389 e. The first-order valence-corrected chi connectivity index (χ1v) is 11.0. The van der Waals surface area contributed by atoms with Crippen molar-refractivity contribution < 1.29 is 14.7 Å². The normalized spacial score (nSPS) is 15.6. The number of anilines is 3. The number of hydrogen-bond donors (Lipinski definition) is 1. The van der Waals surface area contributed by atoms with E-state index in [0.717, 1.165) is 62.1 Å². The van der Waals surface area contributed by atoms with Crippen LogP contribution in [0.4, 0.5) is 17.2 Å². The fourth-order valence-corrected chi connectivity index (χ4v) is 4.15. The number of carbonyl (C=O) groups is 2. The van der Waals surface area contributed by atoms with Crippen LogP contribution in [0.3, 0.4) is 0 Å². The number of nitrogens with zero attached hydrogens (tertiary/aromatic N) is 3. The Kier molecular flexibility index (Phi) is 6.43. The van der Waals surface area contributed by atoms with E-state index in [4.69, 9.17) is 5.11 Å². The molecule has 2 aromatic rings. The van der Waals surface area contributed by atoms with E-state index in [1.165, 1.54) is 0 Å². The predicted octanol–water partition coefficient (Wildman–Crippen LogP) is 4.24. The van der Waals surface area contributed by atoms with Crippen LogP contribution in [0.5, 0.6) is 0 Å². The van der Waals surface area contributed by atoms with Gasteiger partial charge >= 0.3 is 0 Å². The van der Waals surface area contributed by atoms with Crippen LogP contribution < -0.4 is 9.80 Å². The van der Waals surface area contributed by atoms with Crippen molar-refractivity contribution in [1.82, 2.24) is 4.98 Å². The highest BCUT2D eigenvalue weighted by molar-refractivity contribution is 6.13. The SMILES string of the molecule is O=C(CO)CCCCCCCN1C(=O)c2cccnc2N(C2CC2)c2ccccc21. The van der Waals surface area contributed by atoms with E-state index in [1.807, 2.05) is 35.2 Å². The smallest absolute Gasteiger partial charge is 0.262 e. The highest BCUT2D eigenvalue weighted by Gasteiger charge is 2.38. The Balaban J connectivity index is 1.47. The van der Waals surface area contributed by atoms with Gasteiger partial charge in [-0.05, 0) is 49.9 Å². The molecule has 0 bridgehead atoms. The number of fused-ring (bicyclic) bond motifs is 2. The van der Waals surface area contributed by atoms with Gasteiger partial charge < -0.3 is 14.9 Å². The molecule has 1 amide bonds. The zero-order valence-corrected chi connectivity index (χ0v) is 17.3. The van der Waals surface area contributed by atoms with Gasteiger partial charge in [0, 0.05) is 25.2 Å². The number of hydrogen-bond acceptors (Lipinski definition) is 5. The summed E-state index contributed by atoms with van der Waals surface area (Å²) in [6, 6.07) is 12.3. The Morgan fingerprint density at radius 1 is 1.00 bits per heavy atom. The first-order valence-electron chi connectivity index (χ1n) is 11.0. The molecule has 1 aliphatic heterocycles. The van der Waals surface area contributed by atoms with E-state index in [1.54, 1.807) is 6.20 Å². The number of carbonyl (C=O) groups excluding carboxylic acids is 2. The van der Waals surface area contributed by atoms with E-state index in [9.17, 15) is 9.59 Å². The van der Waals surface area contributed by atoms with Gasteiger partial charge in [0.2, 0.25) is 0 Å². The average molecular weight is 408 g/mol. The van der Waals surface area contributed by atoms with Crippen LogP contribution in [-0.2, 0) is 4.79 Å². The molecule has 1 aromatic heterocycles. The number of aromatic nitrogens is 1. The first kappa shape index (κ1) is 20.5. The van der Waals surface area contributed by atoms with Crippen LogP contribution in [0.1, 0.15) is 61.7 Å². The number of aliphatic hydroxyl groups excluding tert-OH is 1. The minimum absolute atomic E-state index is 0.0160. The molecule has 30 heavy (non-hydrogen) atoms. The molecular weight excluding hydrogens is 378 g/mol. The number of pyridine rings is 1. The Hall–Kier alpha value is -2.73. The second kappa shape index (κ2) is 9.39. The van der Waals surface area contributed by atoms with Crippen molar-refractivity contribution in [2.75, 3.05) is 23.0 Å². The highest BCUT2D eigenvalue weighted by atomic mass is 16.3. The molecule has 6 nitrogen and oxygen atoms in total. The van der Waals surface area contributed by atoms with Crippen molar-refractivity contribution in [3.05, 3.63) is 48.2 Å². The number of amides is 1. The molecule has 0 radical (unpaired) electrons. The van der Waals surface area contributed by atoms with Gasteiger partial charge in [-0.2, -0.15) is 0 Å². The second-order valence-electron chi connectivity index (χ2n) is 8.14. The lowest BCUT2D eigenvalue weighted by Gasteiger charge is -2.26. The highest BCUT2D eigenvalue weighted by Crippen LogP contribution is 2.45. The summed E-state index contributed by atoms with van der Waals surface area (Å²) >= 11 is 0. The minimum atomic E-state index is -0.356. The molecule has 0 spiro atoms. The van der Waals surface area contributed by atoms with E-state index in [2.05, 4.69) is 16.0 Å². The van der Waals surface area contributed by atoms with Gasteiger partial charge in [-0.25, -0.2) is 4.98 Å². The fraction of sp³-hybridized carbons (Fsp3) is 0.458. The van der Waals surface area contributed by atoms with Gasteiger partial charge in [0.05, 0.1) is 16.9 Å². The van der Waals surface area contributed by atoms with Crippen LogP contribution in [0.15, 0.2) is 42.6 Å². The molecule has 0 atom stereocenters. The van der Waals surface area contributed by atoms with Gasteiger partial charge in [-0.3, -0.25) is 9.59 Å². The Morgan fingerprint density at radius 3 is 2.50 bits per heavy atom. The Bertz CT molecular complexity index is 910. The van der Waals surface area contributed by atoms with Gasteiger partial charge in [-0.15, -0.1) is 0 Å². The molecular formula is C24H29N3O3. The van der Waals surface area contributed by atoms with Crippen LogP contribution in [-0.4, -0.2) is 41.0 Å². The summed E-state index contributed by atoms with van der Waals surface area (Å²) in [4.78, 5) is 33.4. The van der Waals surface area contributed by atoms with Crippen molar-refractivity contribution in [2.45, 2.75) is 57.4 Å². The number of aliphatic hydroxyl groups is 1. The van der Waals surface area contributed by atoms with Crippen LogP contribution in [0, 0.1) is 0 Å². The maximum Gasteiger partial charge on any atom is 0.262 e.